The first-order valence-corrected chi connectivity index (χ1v) is 4.84. The first-order valence-electron chi connectivity index (χ1n) is 4.84. The monoisotopic (exact) mass is 155 g/mol. The maximum atomic E-state index is 9.66. The van der Waals surface area contributed by atoms with Crippen molar-refractivity contribution in [3.63, 3.8) is 0 Å². The van der Waals surface area contributed by atoms with E-state index in [1.165, 1.54) is 25.7 Å². The Morgan fingerprint density at radius 1 is 1.45 bits per heavy atom. The lowest BCUT2D eigenvalue weighted by molar-refractivity contribution is 0.0824. The largest absolute Gasteiger partial charge is 0.393 e. The van der Waals surface area contributed by atoms with Crippen LogP contribution in [0.5, 0.6) is 0 Å². The van der Waals surface area contributed by atoms with Gasteiger partial charge in [-0.2, -0.15) is 0 Å². The van der Waals surface area contributed by atoms with Gasteiger partial charge in [-0.15, -0.1) is 0 Å². The molecule has 1 rings (SSSR count). The Labute approximate surface area is 69.8 Å². The Morgan fingerprint density at radius 3 is 2.64 bits per heavy atom. The van der Waals surface area contributed by atoms with E-state index in [0.717, 1.165) is 12.8 Å². The third kappa shape index (κ3) is 2.82. The van der Waals surface area contributed by atoms with Gasteiger partial charge in [0, 0.05) is 0 Å². The molecule has 11 heavy (non-hydrogen) atoms. The molecule has 1 aliphatic carbocycles. The molecule has 0 aromatic rings. The van der Waals surface area contributed by atoms with Gasteiger partial charge in [0.25, 0.3) is 0 Å². The normalized spacial score (nSPS) is 23.5. The van der Waals surface area contributed by atoms with Gasteiger partial charge in [0.15, 0.2) is 0 Å². The highest BCUT2D eigenvalue weighted by Crippen LogP contribution is 2.27. The first-order chi connectivity index (χ1) is 5.34. The third-order valence-electron chi connectivity index (χ3n) is 2.61. The fourth-order valence-electron chi connectivity index (χ4n) is 1.87. The van der Waals surface area contributed by atoms with E-state index in [1.54, 1.807) is 0 Å². The second kappa shape index (κ2) is 4.76. The van der Waals surface area contributed by atoms with Gasteiger partial charge in [-0.1, -0.05) is 13.3 Å². The van der Waals surface area contributed by atoms with Gasteiger partial charge < -0.3 is 5.11 Å². The van der Waals surface area contributed by atoms with Crippen LogP contribution < -0.4 is 0 Å². The molecule has 0 heterocycles. The molecule has 0 aliphatic heterocycles. The highest BCUT2D eigenvalue weighted by Gasteiger charge is 2.20. The van der Waals surface area contributed by atoms with Crippen molar-refractivity contribution in [1.29, 1.82) is 0 Å². The lowest BCUT2D eigenvalue weighted by Crippen LogP contribution is -2.22. The van der Waals surface area contributed by atoms with E-state index in [0.29, 0.717) is 5.92 Å². The van der Waals surface area contributed by atoms with Crippen LogP contribution in [0, 0.1) is 12.3 Å². The van der Waals surface area contributed by atoms with Crippen molar-refractivity contribution in [2.45, 2.75) is 51.6 Å². The van der Waals surface area contributed by atoms with Gasteiger partial charge in [-0.3, -0.25) is 0 Å². The van der Waals surface area contributed by atoms with Gasteiger partial charge in [0.2, 0.25) is 0 Å². The van der Waals surface area contributed by atoms with Crippen LogP contribution in [0.4, 0.5) is 0 Å². The van der Waals surface area contributed by atoms with Gasteiger partial charge in [-0.25, -0.2) is 0 Å². The summed E-state index contributed by atoms with van der Waals surface area (Å²) in [5.41, 5.74) is 0. The van der Waals surface area contributed by atoms with Gasteiger partial charge in [-0.05, 0) is 44.4 Å². The zero-order chi connectivity index (χ0) is 8.10. The second-order valence-electron chi connectivity index (χ2n) is 3.56. The van der Waals surface area contributed by atoms with Gasteiger partial charge >= 0.3 is 0 Å². The van der Waals surface area contributed by atoms with Gasteiger partial charge in [0.1, 0.15) is 0 Å². The Morgan fingerprint density at radius 2 is 2.09 bits per heavy atom. The fourth-order valence-corrected chi connectivity index (χ4v) is 1.87. The fraction of sp³-hybridized carbons (Fsp3) is 0.900. The number of aliphatic hydroxyl groups excluding tert-OH is 1. The van der Waals surface area contributed by atoms with E-state index in [4.69, 9.17) is 0 Å². The summed E-state index contributed by atoms with van der Waals surface area (Å²) in [6.45, 7) is 2.14. The molecule has 0 saturated heterocycles. The Kier molecular flexibility index (Phi) is 3.92. The quantitative estimate of drug-likeness (QED) is 0.664. The van der Waals surface area contributed by atoms with E-state index in [9.17, 15) is 5.11 Å². The van der Waals surface area contributed by atoms with Crippen molar-refractivity contribution in [3.05, 3.63) is 6.42 Å². The van der Waals surface area contributed by atoms with E-state index in [-0.39, 0.29) is 6.10 Å². The molecule has 1 heteroatoms. The first kappa shape index (κ1) is 9.05. The molecule has 0 aromatic heterocycles. The van der Waals surface area contributed by atoms with Gasteiger partial charge in [0.05, 0.1) is 6.10 Å². The maximum Gasteiger partial charge on any atom is 0.0568 e. The minimum absolute atomic E-state index is 0.0197. The predicted octanol–water partition coefficient (Wildman–Crippen LogP) is 2.54. The lowest BCUT2D eigenvalue weighted by atomic mass is 9.84. The molecule has 65 valence electrons. The van der Waals surface area contributed by atoms with Crippen LogP contribution in [0.25, 0.3) is 0 Å². The predicted molar refractivity (Wildman–Crippen MR) is 47.2 cm³/mol. The molecule has 0 amide bonds. The topological polar surface area (TPSA) is 20.2 Å². The number of aliphatic hydroxyl groups is 1. The number of hydrogen-bond acceptors (Lipinski definition) is 1. The zero-order valence-corrected chi connectivity index (χ0v) is 7.42. The number of hydrogen-bond donors (Lipinski definition) is 1. The Balaban J connectivity index is 2.21. The maximum absolute atomic E-state index is 9.66. The van der Waals surface area contributed by atoms with Crippen molar-refractivity contribution >= 4 is 0 Å². The molecular weight excluding hydrogens is 136 g/mol. The smallest absolute Gasteiger partial charge is 0.0568 e. The minimum Gasteiger partial charge on any atom is -0.393 e. The van der Waals surface area contributed by atoms with Crippen molar-refractivity contribution in [3.8, 4) is 0 Å². The van der Waals surface area contributed by atoms with E-state index in [2.05, 4.69) is 13.3 Å². The molecule has 1 nitrogen and oxygen atoms in total. The zero-order valence-electron chi connectivity index (χ0n) is 7.42. The van der Waals surface area contributed by atoms with Crippen molar-refractivity contribution in [1.82, 2.24) is 0 Å². The summed E-state index contributed by atoms with van der Waals surface area (Å²) in [6, 6.07) is 0. The lowest BCUT2D eigenvalue weighted by Gasteiger charge is -2.25. The van der Waals surface area contributed by atoms with Crippen LogP contribution in [0.2, 0.25) is 0 Å². The number of rotatable bonds is 3. The molecular formula is C10H19O. The Bertz CT molecular complexity index is 95.0. The molecule has 1 unspecified atom stereocenters. The molecule has 0 aromatic carbocycles. The average molecular weight is 155 g/mol. The van der Waals surface area contributed by atoms with Crippen LogP contribution in [-0.4, -0.2) is 11.2 Å². The van der Waals surface area contributed by atoms with Crippen LogP contribution in [0.1, 0.15) is 45.4 Å². The van der Waals surface area contributed by atoms with E-state index >= 15 is 0 Å². The molecule has 0 bridgehead atoms. The molecule has 1 aliphatic rings. The molecule has 0 spiro atoms. The van der Waals surface area contributed by atoms with Crippen LogP contribution in [0.15, 0.2) is 0 Å². The van der Waals surface area contributed by atoms with Crippen molar-refractivity contribution < 1.29 is 5.11 Å². The molecule has 1 atom stereocenters. The molecule has 1 radical (unpaired) electrons. The summed E-state index contributed by atoms with van der Waals surface area (Å²) in [6.07, 6.45) is 9.27. The standard InChI is InChI=1S/C10H19O/c1-2-6-10(11)9-7-4-3-5-8-9/h3,9-11H,2,4-8H2,1H3. The van der Waals surface area contributed by atoms with Crippen molar-refractivity contribution in [2.75, 3.05) is 0 Å². The van der Waals surface area contributed by atoms with E-state index in [1.807, 2.05) is 0 Å². The Hall–Kier alpha value is -0.0400. The summed E-state index contributed by atoms with van der Waals surface area (Å²) in [4.78, 5) is 0. The highest BCUT2D eigenvalue weighted by molar-refractivity contribution is 4.80. The SMILES string of the molecule is CCCC(O)C1CC[CH]CC1. The van der Waals surface area contributed by atoms with Crippen molar-refractivity contribution in [2.24, 2.45) is 5.92 Å². The molecule has 1 N–H and O–H groups in total. The summed E-state index contributed by atoms with van der Waals surface area (Å²) < 4.78 is 0. The third-order valence-corrected chi connectivity index (χ3v) is 2.61. The molecule has 1 fully saturated rings. The van der Waals surface area contributed by atoms with Crippen LogP contribution in [-0.2, 0) is 0 Å². The summed E-state index contributed by atoms with van der Waals surface area (Å²) >= 11 is 0. The minimum atomic E-state index is -0.0197. The average Bonchev–Trinajstić information content (AvgIpc) is 2.07. The highest BCUT2D eigenvalue weighted by atomic mass is 16.3. The van der Waals surface area contributed by atoms with Crippen LogP contribution >= 0.6 is 0 Å². The summed E-state index contributed by atoms with van der Waals surface area (Å²) in [5.74, 6) is 0.597. The summed E-state index contributed by atoms with van der Waals surface area (Å²) in [7, 11) is 0. The van der Waals surface area contributed by atoms with Crippen LogP contribution in [0.3, 0.4) is 0 Å². The summed E-state index contributed by atoms with van der Waals surface area (Å²) in [5, 5.41) is 9.66. The van der Waals surface area contributed by atoms with E-state index < -0.39 is 0 Å². The molecule has 1 saturated carbocycles. The second-order valence-corrected chi connectivity index (χ2v) is 3.56.